The number of nitrogens with zero attached hydrogens (tertiary/aromatic N) is 3. The summed E-state index contributed by atoms with van der Waals surface area (Å²) in [6, 6.07) is 19.5. The Kier molecular flexibility index (Phi) is 7.55. The predicted molar refractivity (Wildman–Crippen MR) is 127 cm³/mol. The third kappa shape index (κ3) is 6.30. The van der Waals surface area contributed by atoms with Crippen LogP contribution < -0.4 is 15.0 Å². The number of nitrogens with one attached hydrogen (secondary N) is 1. The Hall–Kier alpha value is -3.59. The first kappa shape index (κ1) is 24.5. The molecule has 9 heteroatoms. The summed E-state index contributed by atoms with van der Waals surface area (Å²) in [7, 11) is 1.61. The fraction of sp³-hybridized carbons (Fsp3) is 0.308. The third-order valence-corrected chi connectivity index (χ3v) is 6.03. The Balaban J connectivity index is 1.35. The molecule has 1 aliphatic heterocycles. The van der Waals surface area contributed by atoms with Gasteiger partial charge < -0.3 is 15.0 Å². The zero-order valence-corrected chi connectivity index (χ0v) is 19.3. The van der Waals surface area contributed by atoms with Crippen LogP contribution in [-0.4, -0.2) is 55.6 Å². The molecule has 1 fully saturated rings. The summed E-state index contributed by atoms with van der Waals surface area (Å²) in [5.41, 5.74) is 1.16. The number of amides is 1. The molecule has 1 amide bonds. The van der Waals surface area contributed by atoms with Crippen molar-refractivity contribution in [1.82, 2.24) is 15.2 Å². The van der Waals surface area contributed by atoms with Crippen molar-refractivity contribution >= 4 is 11.7 Å². The van der Waals surface area contributed by atoms with Crippen molar-refractivity contribution in [3.8, 4) is 5.75 Å². The minimum absolute atomic E-state index is 0.101. The second-order valence-electron chi connectivity index (χ2n) is 8.35. The van der Waals surface area contributed by atoms with Gasteiger partial charge in [-0.05, 0) is 35.4 Å². The molecule has 1 atom stereocenters. The molecule has 35 heavy (non-hydrogen) atoms. The number of methoxy groups -OCH3 is 1. The number of ether oxygens (including phenoxy) is 1. The monoisotopic (exact) mass is 484 g/mol. The number of hydrogen-bond donors (Lipinski definition) is 1. The maximum atomic E-state index is 13.0. The van der Waals surface area contributed by atoms with Gasteiger partial charge in [0, 0.05) is 32.4 Å². The molecule has 1 saturated heterocycles. The van der Waals surface area contributed by atoms with Gasteiger partial charge in [0.05, 0.1) is 25.3 Å². The molecule has 0 unspecified atom stereocenters. The Morgan fingerprint density at radius 1 is 0.971 bits per heavy atom. The molecule has 0 radical (unpaired) electrons. The first-order chi connectivity index (χ1) is 16.8. The average Bonchev–Trinajstić information content (AvgIpc) is 2.88. The fourth-order valence-corrected chi connectivity index (χ4v) is 4.09. The second-order valence-corrected chi connectivity index (χ2v) is 8.35. The summed E-state index contributed by atoms with van der Waals surface area (Å²) in [5.74, 6) is 1.15. The molecule has 4 rings (SSSR count). The van der Waals surface area contributed by atoms with E-state index in [4.69, 9.17) is 4.74 Å². The van der Waals surface area contributed by atoms with Gasteiger partial charge in [0.25, 0.3) is 0 Å². The highest BCUT2D eigenvalue weighted by Gasteiger charge is 2.31. The van der Waals surface area contributed by atoms with E-state index in [1.165, 1.54) is 6.07 Å². The number of halogens is 3. The first-order valence-corrected chi connectivity index (χ1v) is 11.3. The van der Waals surface area contributed by atoms with Crippen LogP contribution in [-0.2, 0) is 11.0 Å². The highest BCUT2D eigenvalue weighted by molar-refractivity contribution is 5.79. The molecule has 184 valence electrons. The molecule has 3 aromatic rings. The summed E-state index contributed by atoms with van der Waals surface area (Å²) in [6.45, 7) is 2.59. The maximum Gasteiger partial charge on any atom is 0.417 e. The molecule has 0 aliphatic carbocycles. The average molecular weight is 485 g/mol. The lowest BCUT2D eigenvalue weighted by molar-refractivity contribution is -0.137. The van der Waals surface area contributed by atoms with Gasteiger partial charge in [-0.25, -0.2) is 4.98 Å². The zero-order valence-electron chi connectivity index (χ0n) is 19.3. The van der Waals surface area contributed by atoms with E-state index in [2.05, 4.69) is 10.3 Å². The molecule has 0 saturated carbocycles. The van der Waals surface area contributed by atoms with E-state index in [0.29, 0.717) is 32.0 Å². The Morgan fingerprint density at radius 3 is 2.20 bits per heavy atom. The topological polar surface area (TPSA) is 57.7 Å². The SMILES string of the molecule is COc1ccc([C@H](NC(=O)CN2CCN(c3ccc(C(F)(F)F)cn3)CC2)c2ccccc2)cc1. The van der Waals surface area contributed by atoms with Crippen LogP contribution >= 0.6 is 0 Å². The van der Waals surface area contributed by atoms with E-state index < -0.39 is 11.7 Å². The van der Waals surface area contributed by atoms with E-state index in [0.717, 1.165) is 29.1 Å². The van der Waals surface area contributed by atoms with Crippen molar-refractivity contribution in [2.24, 2.45) is 0 Å². The molecule has 0 bridgehead atoms. The van der Waals surface area contributed by atoms with Gasteiger partial charge in [-0.15, -0.1) is 0 Å². The van der Waals surface area contributed by atoms with Crippen molar-refractivity contribution in [2.75, 3.05) is 44.7 Å². The van der Waals surface area contributed by atoms with Gasteiger partial charge in [0.1, 0.15) is 11.6 Å². The zero-order chi connectivity index (χ0) is 24.8. The summed E-state index contributed by atoms with van der Waals surface area (Å²) < 4.78 is 43.6. The number of piperazine rings is 1. The molecule has 1 aromatic heterocycles. The van der Waals surface area contributed by atoms with Gasteiger partial charge in [-0.3, -0.25) is 9.69 Å². The quantitative estimate of drug-likeness (QED) is 0.547. The normalized spacial score (nSPS) is 15.5. The van der Waals surface area contributed by atoms with Crippen LogP contribution in [0.5, 0.6) is 5.75 Å². The summed E-state index contributed by atoms with van der Waals surface area (Å²) >= 11 is 0. The molecule has 1 N–H and O–H groups in total. The van der Waals surface area contributed by atoms with Crippen LogP contribution in [0.25, 0.3) is 0 Å². The second kappa shape index (κ2) is 10.8. The summed E-state index contributed by atoms with van der Waals surface area (Å²) in [4.78, 5) is 20.9. The lowest BCUT2D eigenvalue weighted by Crippen LogP contribution is -2.50. The van der Waals surface area contributed by atoms with Crippen molar-refractivity contribution in [1.29, 1.82) is 0 Å². The van der Waals surface area contributed by atoms with Gasteiger partial charge in [-0.2, -0.15) is 13.2 Å². The van der Waals surface area contributed by atoms with E-state index in [1.54, 1.807) is 7.11 Å². The van der Waals surface area contributed by atoms with Crippen LogP contribution in [0.15, 0.2) is 72.9 Å². The van der Waals surface area contributed by atoms with Gasteiger partial charge >= 0.3 is 6.18 Å². The van der Waals surface area contributed by atoms with E-state index in [1.807, 2.05) is 64.4 Å². The number of rotatable bonds is 7. The summed E-state index contributed by atoms with van der Waals surface area (Å²) in [6.07, 6.45) is -3.54. The number of carbonyl (C=O) groups is 1. The van der Waals surface area contributed by atoms with Crippen molar-refractivity contribution in [3.05, 3.63) is 89.6 Å². The van der Waals surface area contributed by atoms with Crippen molar-refractivity contribution in [2.45, 2.75) is 12.2 Å². The Bertz CT molecular complexity index is 1100. The van der Waals surface area contributed by atoms with Crippen LogP contribution in [0.4, 0.5) is 19.0 Å². The molecule has 1 aliphatic rings. The standard InChI is InChI=1S/C26H27F3N4O2/c1-35-22-10-7-20(8-11-22)25(19-5-3-2-4-6-19)31-24(34)18-32-13-15-33(16-14-32)23-12-9-21(17-30-23)26(27,28)29/h2-12,17,25H,13-16,18H2,1H3,(H,31,34)/t25-/m1/s1. The van der Waals surface area contributed by atoms with Gasteiger partial charge in [0.2, 0.25) is 5.91 Å². The highest BCUT2D eigenvalue weighted by Crippen LogP contribution is 2.29. The Morgan fingerprint density at radius 2 is 1.63 bits per heavy atom. The first-order valence-electron chi connectivity index (χ1n) is 11.3. The summed E-state index contributed by atoms with van der Waals surface area (Å²) in [5, 5.41) is 3.14. The van der Waals surface area contributed by atoms with Crippen LogP contribution in [0, 0.1) is 0 Å². The number of pyridine rings is 1. The van der Waals surface area contributed by atoms with E-state index >= 15 is 0 Å². The van der Waals surface area contributed by atoms with E-state index in [-0.39, 0.29) is 18.5 Å². The number of alkyl halides is 3. The minimum atomic E-state index is -4.40. The van der Waals surface area contributed by atoms with Gasteiger partial charge in [-0.1, -0.05) is 42.5 Å². The van der Waals surface area contributed by atoms with Crippen LogP contribution in [0.1, 0.15) is 22.7 Å². The molecule has 2 aromatic carbocycles. The lowest BCUT2D eigenvalue weighted by Gasteiger charge is -2.35. The Labute approximate surface area is 202 Å². The lowest BCUT2D eigenvalue weighted by atomic mass is 9.98. The highest BCUT2D eigenvalue weighted by atomic mass is 19.4. The molecule has 0 spiro atoms. The fourth-order valence-electron chi connectivity index (χ4n) is 4.09. The van der Waals surface area contributed by atoms with E-state index in [9.17, 15) is 18.0 Å². The number of anilines is 1. The van der Waals surface area contributed by atoms with Gasteiger partial charge in [0.15, 0.2) is 0 Å². The number of benzene rings is 2. The van der Waals surface area contributed by atoms with Crippen molar-refractivity contribution < 1.29 is 22.7 Å². The third-order valence-electron chi connectivity index (χ3n) is 6.03. The maximum absolute atomic E-state index is 13.0. The molecular weight excluding hydrogens is 457 g/mol. The molecule has 2 heterocycles. The minimum Gasteiger partial charge on any atom is -0.497 e. The predicted octanol–water partition coefficient (Wildman–Crippen LogP) is 4.14. The molecule has 6 nitrogen and oxygen atoms in total. The number of aromatic nitrogens is 1. The number of hydrogen-bond acceptors (Lipinski definition) is 5. The molecular formula is C26H27F3N4O2. The van der Waals surface area contributed by atoms with Crippen LogP contribution in [0.2, 0.25) is 0 Å². The van der Waals surface area contributed by atoms with Crippen LogP contribution in [0.3, 0.4) is 0 Å². The largest absolute Gasteiger partial charge is 0.497 e. The smallest absolute Gasteiger partial charge is 0.417 e. The number of carbonyl (C=O) groups excluding carboxylic acids is 1. The van der Waals surface area contributed by atoms with Crippen molar-refractivity contribution in [3.63, 3.8) is 0 Å².